The standard InChI is InChI=1S/C30H45N3O5/c1-5-17-33(18-6-2)30(36)25-16-12-15-24(20-25)29(35)32-26(19-23-13-10-9-11-14-23)27(34)21-31-22-28(37-7-3)38-8-4/h9-16,20,26-28,31,34H,5-8,17-19,21-22H2,1-4H3,(H,32,35)/t26-,27+/m0/s1. The van der Waals surface area contributed by atoms with Gasteiger partial charge in [0.25, 0.3) is 11.8 Å². The number of carbonyl (C=O) groups is 2. The molecule has 0 heterocycles. The lowest BCUT2D eigenvalue weighted by atomic mass is 10.00. The van der Waals surface area contributed by atoms with Gasteiger partial charge in [-0.15, -0.1) is 0 Å². The predicted octanol–water partition coefficient (Wildman–Crippen LogP) is 3.64. The molecule has 8 nitrogen and oxygen atoms in total. The summed E-state index contributed by atoms with van der Waals surface area (Å²) in [5.41, 5.74) is 1.87. The molecule has 2 aromatic rings. The van der Waals surface area contributed by atoms with Crippen LogP contribution in [0.25, 0.3) is 0 Å². The van der Waals surface area contributed by atoms with E-state index < -0.39 is 18.4 Å². The molecule has 8 heteroatoms. The van der Waals surface area contributed by atoms with Crippen molar-refractivity contribution in [2.75, 3.05) is 39.4 Å². The SMILES string of the molecule is CCCN(CCC)C(=O)c1cccc(C(=O)N[C@@H](Cc2ccccc2)[C@H](O)CNCC(OCC)OCC)c1. The first-order valence-electron chi connectivity index (χ1n) is 13.8. The number of nitrogens with zero attached hydrogens (tertiary/aromatic N) is 1. The molecule has 38 heavy (non-hydrogen) atoms. The minimum Gasteiger partial charge on any atom is -0.390 e. The van der Waals surface area contributed by atoms with Gasteiger partial charge in [0.1, 0.15) is 0 Å². The Kier molecular flexibility index (Phi) is 14.6. The number of aliphatic hydroxyl groups excluding tert-OH is 1. The smallest absolute Gasteiger partial charge is 0.253 e. The van der Waals surface area contributed by atoms with Crippen LogP contribution in [0.3, 0.4) is 0 Å². The van der Waals surface area contributed by atoms with Gasteiger partial charge in [-0.3, -0.25) is 9.59 Å². The fourth-order valence-electron chi connectivity index (χ4n) is 4.26. The molecule has 0 unspecified atom stereocenters. The van der Waals surface area contributed by atoms with Crippen LogP contribution in [0, 0.1) is 0 Å². The van der Waals surface area contributed by atoms with Crippen LogP contribution >= 0.6 is 0 Å². The summed E-state index contributed by atoms with van der Waals surface area (Å²) in [6, 6.07) is 16.0. The van der Waals surface area contributed by atoms with Crippen LogP contribution in [0.15, 0.2) is 54.6 Å². The average molecular weight is 528 g/mol. The molecular weight excluding hydrogens is 482 g/mol. The number of hydrogen-bond acceptors (Lipinski definition) is 6. The van der Waals surface area contributed by atoms with Crippen LogP contribution in [-0.2, 0) is 15.9 Å². The maximum Gasteiger partial charge on any atom is 0.253 e. The van der Waals surface area contributed by atoms with E-state index in [9.17, 15) is 14.7 Å². The van der Waals surface area contributed by atoms with Gasteiger partial charge < -0.3 is 30.1 Å². The molecule has 0 bridgehead atoms. The second kappa shape index (κ2) is 17.7. The van der Waals surface area contributed by atoms with Gasteiger partial charge in [0.05, 0.1) is 12.1 Å². The van der Waals surface area contributed by atoms with Gasteiger partial charge in [0.2, 0.25) is 0 Å². The molecule has 2 aromatic carbocycles. The summed E-state index contributed by atoms with van der Waals surface area (Å²) < 4.78 is 11.1. The lowest BCUT2D eigenvalue weighted by molar-refractivity contribution is -0.133. The first kappa shape index (κ1) is 31.4. The highest BCUT2D eigenvalue weighted by Crippen LogP contribution is 2.12. The predicted molar refractivity (Wildman–Crippen MR) is 150 cm³/mol. The number of hydrogen-bond donors (Lipinski definition) is 3. The second-order valence-electron chi connectivity index (χ2n) is 9.21. The van der Waals surface area contributed by atoms with Crippen molar-refractivity contribution in [3.63, 3.8) is 0 Å². The zero-order chi connectivity index (χ0) is 27.8. The van der Waals surface area contributed by atoms with E-state index >= 15 is 0 Å². The molecule has 210 valence electrons. The number of amides is 2. The van der Waals surface area contributed by atoms with Crippen molar-refractivity contribution in [3.8, 4) is 0 Å². The van der Waals surface area contributed by atoms with Gasteiger partial charge >= 0.3 is 0 Å². The van der Waals surface area contributed by atoms with Crippen molar-refractivity contribution in [2.24, 2.45) is 0 Å². The molecule has 0 aliphatic heterocycles. The Balaban J connectivity index is 2.14. The van der Waals surface area contributed by atoms with Crippen LogP contribution in [-0.4, -0.2) is 79.6 Å². The molecule has 2 rings (SSSR count). The summed E-state index contributed by atoms with van der Waals surface area (Å²) in [4.78, 5) is 28.2. The third-order valence-corrected chi connectivity index (χ3v) is 6.09. The van der Waals surface area contributed by atoms with Crippen LogP contribution in [0.4, 0.5) is 0 Å². The quantitative estimate of drug-likeness (QED) is 0.256. The highest BCUT2D eigenvalue weighted by molar-refractivity contribution is 5.99. The van der Waals surface area contributed by atoms with Crippen LogP contribution in [0.5, 0.6) is 0 Å². The van der Waals surface area contributed by atoms with Gasteiger partial charge in [-0.25, -0.2) is 0 Å². The van der Waals surface area contributed by atoms with E-state index in [1.54, 1.807) is 24.3 Å². The maximum atomic E-state index is 13.3. The molecule has 2 atom stereocenters. The number of ether oxygens (including phenoxy) is 2. The zero-order valence-corrected chi connectivity index (χ0v) is 23.3. The average Bonchev–Trinajstić information content (AvgIpc) is 2.93. The van der Waals surface area contributed by atoms with Crippen LogP contribution in [0.1, 0.15) is 66.8 Å². The summed E-state index contributed by atoms with van der Waals surface area (Å²) in [6.45, 7) is 11.0. The monoisotopic (exact) mass is 527 g/mol. The van der Waals surface area contributed by atoms with E-state index in [-0.39, 0.29) is 18.4 Å². The van der Waals surface area contributed by atoms with Crippen molar-refractivity contribution < 1.29 is 24.2 Å². The number of nitrogens with one attached hydrogen (secondary N) is 2. The minimum absolute atomic E-state index is 0.0772. The fraction of sp³-hybridized carbons (Fsp3) is 0.533. The molecule has 0 aliphatic carbocycles. The van der Waals surface area contributed by atoms with Crippen molar-refractivity contribution in [3.05, 3.63) is 71.3 Å². The van der Waals surface area contributed by atoms with E-state index in [1.807, 2.05) is 62.9 Å². The molecule has 0 fully saturated rings. The molecule has 0 radical (unpaired) electrons. The summed E-state index contributed by atoms with van der Waals surface area (Å²) >= 11 is 0. The second-order valence-corrected chi connectivity index (χ2v) is 9.21. The third kappa shape index (κ3) is 10.5. The molecule has 0 aromatic heterocycles. The molecular formula is C30H45N3O5. The summed E-state index contributed by atoms with van der Waals surface area (Å²) in [5.74, 6) is -0.412. The largest absolute Gasteiger partial charge is 0.390 e. The Morgan fingerprint density at radius 3 is 2.11 bits per heavy atom. The lowest BCUT2D eigenvalue weighted by Crippen LogP contribution is -2.49. The Labute approximate surface area is 227 Å². The van der Waals surface area contributed by atoms with Crippen molar-refractivity contribution in [1.29, 1.82) is 0 Å². The maximum absolute atomic E-state index is 13.3. The van der Waals surface area contributed by atoms with Crippen LogP contribution < -0.4 is 10.6 Å². The summed E-state index contributed by atoms with van der Waals surface area (Å²) in [7, 11) is 0. The minimum atomic E-state index is -0.863. The highest BCUT2D eigenvalue weighted by atomic mass is 16.7. The lowest BCUT2D eigenvalue weighted by Gasteiger charge is -2.26. The van der Waals surface area contributed by atoms with Gasteiger partial charge in [-0.1, -0.05) is 50.2 Å². The first-order valence-corrected chi connectivity index (χ1v) is 13.8. The Morgan fingerprint density at radius 1 is 0.868 bits per heavy atom. The molecule has 0 aliphatic rings. The normalized spacial score (nSPS) is 12.8. The van der Waals surface area contributed by atoms with Crippen molar-refractivity contribution in [2.45, 2.75) is 65.4 Å². The number of aliphatic hydroxyl groups is 1. The van der Waals surface area contributed by atoms with Crippen molar-refractivity contribution >= 4 is 11.8 Å². The fourth-order valence-corrected chi connectivity index (χ4v) is 4.26. The summed E-state index contributed by atoms with van der Waals surface area (Å²) in [6.07, 6.45) is 0.927. The molecule has 2 amide bonds. The van der Waals surface area contributed by atoms with Crippen molar-refractivity contribution in [1.82, 2.24) is 15.5 Å². The van der Waals surface area contributed by atoms with E-state index in [1.165, 1.54) is 0 Å². The number of carbonyl (C=O) groups excluding carboxylic acids is 2. The number of benzene rings is 2. The van der Waals surface area contributed by atoms with E-state index in [2.05, 4.69) is 10.6 Å². The highest BCUT2D eigenvalue weighted by Gasteiger charge is 2.24. The Bertz CT molecular complexity index is 944. The van der Waals surface area contributed by atoms with Gasteiger partial charge in [-0.05, 0) is 56.9 Å². The third-order valence-electron chi connectivity index (χ3n) is 6.09. The number of rotatable bonds is 18. The molecule has 0 saturated heterocycles. The van der Waals surface area contributed by atoms with Gasteiger partial charge in [0, 0.05) is 50.5 Å². The van der Waals surface area contributed by atoms with E-state index in [0.29, 0.717) is 50.4 Å². The molecule has 3 N–H and O–H groups in total. The molecule has 0 saturated carbocycles. The topological polar surface area (TPSA) is 100 Å². The van der Waals surface area contributed by atoms with Gasteiger partial charge in [-0.2, -0.15) is 0 Å². The Morgan fingerprint density at radius 2 is 1.50 bits per heavy atom. The van der Waals surface area contributed by atoms with E-state index in [0.717, 1.165) is 18.4 Å². The van der Waals surface area contributed by atoms with Gasteiger partial charge in [0.15, 0.2) is 6.29 Å². The van der Waals surface area contributed by atoms with Crippen LogP contribution in [0.2, 0.25) is 0 Å². The van der Waals surface area contributed by atoms with E-state index in [4.69, 9.17) is 9.47 Å². The zero-order valence-electron chi connectivity index (χ0n) is 23.3. The first-order chi connectivity index (χ1) is 18.4. The Hall–Kier alpha value is -2.78. The summed E-state index contributed by atoms with van der Waals surface area (Å²) in [5, 5.41) is 17.2. The molecule has 0 spiro atoms.